The van der Waals surface area contributed by atoms with E-state index in [1.54, 1.807) is 18.2 Å². The molecule has 0 saturated heterocycles. The molecule has 0 saturated carbocycles. The fourth-order valence-electron chi connectivity index (χ4n) is 1.96. The van der Waals surface area contributed by atoms with Crippen molar-refractivity contribution in [2.75, 3.05) is 0 Å². The third-order valence-corrected chi connectivity index (χ3v) is 2.72. The van der Waals surface area contributed by atoms with Gasteiger partial charge in [0.15, 0.2) is 0 Å². The second-order valence-electron chi connectivity index (χ2n) is 5.08. The van der Waals surface area contributed by atoms with Gasteiger partial charge in [-0.3, -0.25) is 0 Å². The number of fused-ring (bicyclic) bond motifs is 1. The van der Waals surface area contributed by atoms with Gasteiger partial charge in [-0.25, -0.2) is 4.39 Å². The van der Waals surface area contributed by atoms with E-state index >= 15 is 0 Å². The molecule has 0 radical (unpaired) electrons. The quantitative estimate of drug-likeness (QED) is 0.709. The summed E-state index contributed by atoms with van der Waals surface area (Å²) in [6.45, 7) is 6.02. The third kappa shape index (κ3) is 1.75. The summed E-state index contributed by atoms with van der Waals surface area (Å²) in [5.41, 5.74) is 0.639. The lowest BCUT2D eigenvalue weighted by atomic mass is 9.83. The Morgan fingerprint density at radius 3 is 2.44 bits per heavy atom. The highest BCUT2D eigenvalue weighted by Crippen LogP contribution is 2.34. The number of benzene rings is 2. The van der Waals surface area contributed by atoms with Crippen molar-refractivity contribution in [3.63, 3.8) is 0 Å². The molecule has 2 aromatic carbocycles. The first-order chi connectivity index (χ1) is 7.39. The van der Waals surface area contributed by atoms with Crippen molar-refractivity contribution in [2.24, 2.45) is 0 Å². The molecule has 2 rings (SSSR count). The normalized spacial score (nSPS) is 12.0. The van der Waals surface area contributed by atoms with Gasteiger partial charge in [0.2, 0.25) is 0 Å². The molecule has 84 valence electrons. The highest BCUT2D eigenvalue weighted by molar-refractivity contribution is 5.88. The van der Waals surface area contributed by atoms with Crippen molar-refractivity contribution < 1.29 is 9.50 Å². The highest BCUT2D eigenvalue weighted by Gasteiger charge is 2.19. The molecule has 1 N–H and O–H groups in total. The zero-order valence-electron chi connectivity index (χ0n) is 9.71. The van der Waals surface area contributed by atoms with Crippen LogP contribution in [-0.4, -0.2) is 5.11 Å². The Kier molecular flexibility index (Phi) is 2.38. The average Bonchev–Trinajstić information content (AvgIpc) is 2.15. The van der Waals surface area contributed by atoms with Crippen LogP contribution in [0.4, 0.5) is 4.39 Å². The van der Waals surface area contributed by atoms with Crippen molar-refractivity contribution >= 4 is 10.8 Å². The molecular weight excluding hydrogens is 203 g/mol. The van der Waals surface area contributed by atoms with E-state index in [0.717, 1.165) is 10.9 Å². The Morgan fingerprint density at radius 1 is 1.12 bits per heavy atom. The van der Waals surface area contributed by atoms with Crippen LogP contribution < -0.4 is 0 Å². The fourth-order valence-corrected chi connectivity index (χ4v) is 1.96. The maximum atomic E-state index is 13.8. The number of aromatic hydroxyl groups is 1. The number of hydrogen-bond donors (Lipinski definition) is 1. The molecular formula is C14H15FO. The van der Waals surface area contributed by atoms with Crippen LogP contribution in [0.2, 0.25) is 0 Å². The molecule has 0 amide bonds. The van der Waals surface area contributed by atoms with Crippen LogP contribution in [-0.2, 0) is 5.41 Å². The molecule has 0 unspecified atom stereocenters. The van der Waals surface area contributed by atoms with Crippen molar-refractivity contribution in [3.05, 3.63) is 41.7 Å². The monoisotopic (exact) mass is 218 g/mol. The van der Waals surface area contributed by atoms with E-state index in [-0.39, 0.29) is 17.0 Å². The first-order valence-corrected chi connectivity index (χ1v) is 5.31. The van der Waals surface area contributed by atoms with Gasteiger partial charge in [0.05, 0.1) is 0 Å². The minimum absolute atomic E-state index is 0.183. The van der Waals surface area contributed by atoms with Gasteiger partial charge in [0.1, 0.15) is 11.6 Å². The molecule has 0 fully saturated rings. The summed E-state index contributed by atoms with van der Waals surface area (Å²) in [6.07, 6.45) is 0. The van der Waals surface area contributed by atoms with E-state index in [9.17, 15) is 9.50 Å². The Bertz CT molecular complexity index is 538. The molecule has 0 bridgehead atoms. The minimum atomic E-state index is -0.234. The summed E-state index contributed by atoms with van der Waals surface area (Å²) >= 11 is 0. The summed E-state index contributed by atoms with van der Waals surface area (Å²) in [5, 5.41) is 11.0. The summed E-state index contributed by atoms with van der Waals surface area (Å²) < 4.78 is 13.8. The van der Waals surface area contributed by atoms with Crippen LogP contribution in [0.5, 0.6) is 5.75 Å². The second kappa shape index (κ2) is 3.48. The number of phenolic OH excluding ortho intramolecular Hbond substituents is 1. The third-order valence-electron chi connectivity index (χ3n) is 2.72. The van der Waals surface area contributed by atoms with E-state index in [4.69, 9.17) is 0 Å². The largest absolute Gasteiger partial charge is 0.508 e. The number of halogens is 1. The van der Waals surface area contributed by atoms with Crippen molar-refractivity contribution in [3.8, 4) is 5.75 Å². The summed E-state index contributed by atoms with van der Waals surface area (Å²) in [5.74, 6) is -0.0505. The van der Waals surface area contributed by atoms with Gasteiger partial charge in [0, 0.05) is 5.39 Å². The predicted molar refractivity (Wildman–Crippen MR) is 64.3 cm³/mol. The lowest BCUT2D eigenvalue weighted by molar-refractivity contribution is 0.472. The van der Waals surface area contributed by atoms with Gasteiger partial charge in [-0.2, -0.15) is 0 Å². The first kappa shape index (κ1) is 10.9. The maximum absolute atomic E-state index is 13.8. The lowest BCUT2D eigenvalue weighted by Gasteiger charge is -2.22. The Balaban J connectivity index is 2.91. The molecule has 16 heavy (non-hydrogen) atoms. The molecule has 0 atom stereocenters. The van der Waals surface area contributed by atoms with Crippen molar-refractivity contribution in [1.29, 1.82) is 0 Å². The molecule has 0 spiro atoms. The number of rotatable bonds is 0. The van der Waals surface area contributed by atoms with Gasteiger partial charge in [-0.15, -0.1) is 0 Å². The van der Waals surface area contributed by atoms with Gasteiger partial charge in [0.25, 0.3) is 0 Å². The van der Waals surface area contributed by atoms with Crippen molar-refractivity contribution in [1.82, 2.24) is 0 Å². The molecule has 1 nitrogen and oxygen atoms in total. The van der Waals surface area contributed by atoms with Crippen LogP contribution in [0.25, 0.3) is 10.8 Å². The van der Waals surface area contributed by atoms with Crippen LogP contribution in [0.15, 0.2) is 30.3 Å². The summed E-state index contributed by atoms with van der Waals surface area (Å²) in [4.78, 5) is 0. The van der Waals surface area contributed by atoms with E-state index in [0.29, 0.717) is 5.39 Å². The topological polar surface area (TPSA) is 20.2 Å². The zero-order chi connectivity index (χ0) is 11.9. The Morgan fingerprint density at radius 2 is 1.81 bits per heavy atom. The molecule has 2 aromatic rings. The summed E-state index contributed by atoms with van der Waals surface area (Å²) in [7, 11) is 0. The molecule has 0 heterocycles. The molecule has 2 heteroatoms. The smallest absolute Gasteiger partial charge is 0.131 e. The van der Waals surface area contributed by atoms with E-state index < -0.39 is 0 Å². The molecule has 0 aliphatic carbocycles. The van der Waals surface area contributed by atoms with Crippen LogP contribution >= 0.6 is 0 Å². The average molecular weight is 218 g/mol. The van der Waals surface area contributed by atoms with Gasteiger partial charge in [-0.05, 0) is 34.6 Å². The van der Waals surface area contributed by atoms with Crippen molar-refractivity contribution in [2.45, 2.75) is 26.2 Å². The van der Waals surface area contributed by atoms with Gasteiger partial charge in [-0.1, -0.05) is 32.9 Å². The van der Waals surface area contributed by atoms with Gasteiger partial charge < -0.3 is 5.11 Å². The van der Waals surface area contributed by atoms with Crippen LogP contribution in [0, 0.1) is 5.82 Å². The van der Waals surface area contributed by atoms with E-state index in [1.807, 2.05) is 26.8 Å². The van der Waals surface area contributed by atoms with Gasteiger partial charge >= 0.3 is 0 Å². The minimum Gasteiger partial charge on any atom is -0.508 e. The first-order valence-electron chi connectivity index (χ1n) is 5.31. The van der Waals surface area contributed by atoms with Crippen LogP contribution in [0.1, 0.15) is 26.3 Å². The zero-order valence-corrected chi connectivity index (χ0v) is 9.71. The predicted octanol–water partition coefficient (Wildman–Crippen LogP) is 3.98. The van der Waals surface area contributed by atoms with E-state index in [2.05, 4.69) is 0 Å². The standard InChI is InChI=1S/C14H15FO/c1-14(2,3)11-8-10(16)7-9-5-4-6-12(15)13(9)11/h4-8,16H,1-3H3. The molecule has 0 aliphatic rings. The SMILES string of the molecule is CC(C)(C)c1cc(O)cc2cccc(F)c12. The van der Waals surface area contributed by atoms with Crippen LogP contribution in [0.3, 0.4) is 0 Å². The van der Waals surface area contributed by atoms with E-state index in [1.165, 1.54) is 6.07 Å². The molecule has 0 aliphatic heterocycles. The fraction of sp³-hybridized carbons (Fsp3) is 0.286. The molecule has 0 aromatic heterocycles. The summed E-state index contributed by atoms with van der Waals surface area (Å²) in [6, 6.07) is 8.16. The Labute approximate surface area is 94.5 Å². The lowest BCUT2D eigenvalue weighted by Crippen LogP contribution is -2.12. The highest BCUT2D eigenvalue weighted by atomic mass is 19.1. The number of hydrogen-bond acceptors (Lipinski definition) is 1. The maximum Gasteiger partial charge on any atom is 0.131 e. The Hall–Kier alpha value is -1.57. The number of phenols is 1. The second-order valence-corrected chi connectivity index (χ2v) is 5.08.